The first-order chi connectivity index (χ1) is 9.72. The summed E-state index contributed by atoms with van der Waals surface area (Å²) < 4.78 is 0. The highest BCUT2D eigenvalue weighted by Gasteiger charge is 2.34. The second kappa shape index (κ2) is 7.31. The highest BCUT2D eigenvalue weighted by Crippen LogP contribution is 2.20. The van der Waals surface area contributed by atoms with Gasteiger partial charge in [0.1, 0.15) is 6.04 Å². The minimum Gasteiger partial charge on any atom is -0.351 e. The fraction of sp³-hybridized carbons (Fsp3) is 0.733. The molecule has 1 heterocycles. The first-order valence-electron chi connectivity index (χ1n) is 7.68. The number of hydrogen-bond acceptors (Lipinski definition) is 2. The Hall–Kier alpha value is -1.52. The van der Waals surface area contributed by atoms with Crippen LogP contribution in [0.2, 0.25) is 0 Å². The molecule has 5 nitrogen and oxygen atoms in total. The minimum atomic E-state index is -0.321. The Kier molecular flexibility index (Phi) is 5.44. The quantitative estimate of drug-likeness (QED) is 0.771. The maximum atomic E-state index is 12.3. The summed E-state index contributed by atoms with van der Waals surface area (Å²) in [5, 5.41) is 5.87. The number of urea groups is 1. The molecule has 0 aromatic carbocycles. The maximum Gasteiger partial charge on any atom is 0.318 e. The summed E-state index contributed by atoms with van der Waals surface area (Å²) in [6.45, 7) is 4.71. The van der Waals surface area contributed by atoms with Gasteiger partial charge in [-0.1, -0.05) is 25.3 Å². The van der Waals surface area contributed by atoms with Crippen LogP contribution in [0.1, 0.15) is 44.9 Å². The molecule has 0 aromatic rings. The van der Waals surface area contributed by atoms with E-state index in [0.717, 1.165) is 25.7 Å². The molecule has 112 valence electrons. The smallest absolute Gasteiger partial charge is 0.318 e. The topological polar surface area (TPSA) is 61.4 Å². The normalized spacial score (nSPS) is 23.4. The van der Waals surface area contributed by atoms with Crippen molar-refractivity contribution in [1.82, 2.24) is 15.5 Å². The second-order valence-electron chi connectivity index (χ2n) is 5.67. The number of rotatable bonds is 4. The van der Waals surface area contributed by atoms with Gasteiger partial charge in [0.05, 0.1) is 0 Å². The van der Waals surface area contributed by atoms with Crippen LogP contribution in [0.3, 0.4) is 0 Å². The largest absolute Gasteiger partial charge is 0.351 e. The lowest BCUT2D eigenvalue weighted by Crippen LogP contribution is -2.51. The Bertz CT molecular complexity index is 364. The van der Waals surface area contributed by atoms with E-state index in [9.17, 15) is 9.59 Å². The van der Waals surface area contributed by atoms with Crippen LogP contribution in [0.25, 0.3) is 0 Å². The van der Waals surface area contributed by atoms with Crippen LogP contribution >= 0.6 is 0 Å². The third-order valence-electron chi connectivity index (χ3n) is 4.17. The van der Waals surface area contributed by atoms with Crippen molar-refractivity contribution in [3.8, 4) is 0 Å². The summed E-state index contributed by atoms with van der Waals surface area (Å²) >= 11 is 0. The van der Waals surface area contributed by atoms with Gasteiger partial charge in [0.15, 0.2) is 0 Å². The molecule has 2 N–H and O–H groups in total. The predicted molar refractivity (Wildman–Crippen MR) is 78.3 cm³/mol. The minimum absolute atomic E-state index is 0.0683. The average Bonchev–Trinajstić information content (AvgIpc) is 2.95. The van der Waals surface area contributed by atoms with Crippen LogP contribution in [-0.2, 0) is 4.79 Å². The predicted octanol–water partition coefficient (Wildman–Crippen LogP) is 1.80. The van der Waals surface area contributed by atoms with Crippen LogP contribution in [-0.4, -0.2) is 42.0 Å². The van der Waals surface area contributed by atoms with Crippen LogP contribution in [0.5, 0.6) is 0 Å². The van der Waals surface area contributed by atoms with Gasteiger partial charge in [-0.15, -0.1) is 6.58 Å². The molecule has 2 fully saturated rings. The number of hydrogen-bond donors (Lipinski definition) is 2. The van der Waals surface area contributed by atoms with E-state index in [4.69, 9.17) is 0 Å². The van der Waals surface area contributed by atoms with Gasteiger partial charge in [0.2, 0.25) is 5.91 Å². The van der Waals surface area contributed by atoms with E-state index in [-0.39, 0.29) is 24.0 Å². The zero-order chi connectivity index (χ0) is 14.4. The van der Waals surface area contributed by atoms with Crippen molar-refractivity contribution in [3.05, 3.63) is 12.7 Å². The van der Waals surface area contributed by atoms with Gasteiger partial charge in [0.25, 0.3) is 0 Å². The third kappa shape index (κ3) is 3.74. The van der Waals surface area contributed by atoms with E-state index >= 15 is 0 Å². The Morgan fingerprint density at radius 1 is 1.15 bits per heavy atom. The summed E-state index contributed by atoms with van der Waals surface area (Å²) in [4.78, 5) is 26.0. The molecule has 3 amide bonds. The molecule has 0 radical (unpaired) electrons. The van der Waals surface area contributed by atoms with E-state index in [2.05, 4.69) is 17.2 Å². The number of nitrogens with one attached hydrogen (secondary N) is 2. The van der Waals surface area contributed by atoms with Gasteiger partial charge >= 0.3 is 6.03 Å². The molecule has 1 saturated heterocycles. The lowest BCUT2D eigenvalue weighted by molar-refractivity contribution is -0.124. The van der Waals surface area contributed by atoms with Gasteiger partial charge in [-0.05, 0) is 25.7 Å². The monoisotopic (exact) mass is 279 g/mol. The van der Waals surface area contributed by atoms with Crippen molar-refractivity contribution < 1.29 is 9.59 Å². The number of likely N-dealkylation sites (tertiary alicyclic amines) is 1. The van der Waals surface area contributed by atoms with E-state index in [1.807, 2.05) is 0 Å². The maximum absolute atomic E-state index is 12.3. The molecule has 20 heavy (non-hydrogen) atoms. The van der Waals surface area contributed by atoms with Crippen LogP contribution in [0, 0.1) is 0 Å². The zero-order valence-corrected chi connectivity index (χ0v) is 12.1. The first-order valence-corrected chi connectivity index (χ1v) is 7.68. The summed E-state index contributed by atoms with van der Waals surface area (Å²) in [6, 6.07) is -0.111. The summed E-state index contributed by atoms with van der Waals surface area (Å²) in [6.07, 6.45) is 9.06. The molecule has 5 heteroatoms. The van der Waals surface area contributed by atoms with E-state index in [1.165, 1.54) is 19.3 Å². The number of nitrogens with zero attached hydrogens (tertiary/aromatic N) is 1. The number of carbonyl (C=O) groups excluding carboxylic acids is 2. The molecule has 0 spiro atoms. The van der Waals surface area contributed by atoms with E-state index < -0.39 is 0 Å². The third-order valence-corrected chi connectivity index (χ3v) is 4.17. The van der Waals surface area contributed by atoms with E-state index in [1.54, 1.807) is 11.0 Å². The van der Waals surface area contributed by atoms with Crippen molar-refractivity contribution in [2.45, 2.75) is 57.0 Å². The summed E-state index contributed by atoms with van der Waals surface area (Å²) in [5.74, 6) is -0.0683. The molecule has 0 aromatic heterocycles. The Morgan fingerprint density at radius 3 is 2.60 bits per heavy atom. The molecule has 0 bridgehead atoms. The fourth-order valence-electron chi connectivity index (χ4n) is 3.08. The molecule has 1 saturated carbocycles. The van der Waals surface area contributed by atoms with Gasteiger partial charge in [-0.25, -0.2) is 4.79 Å². The lowest BCUT2D eigenvalue weighted by atomic mass is 9.96. The summed E-state index contributed by atoms with van der Waals surface area (Å²) in [5.41, 5.74) is 0. The lowest BCUT2D eigenvalue weighted by Gasteiger charge is -2.28. The molecule has 1 atom stereocenters. The highest BCUT2D eigenvalue weighted by molar-refractivity contribution is 5.87. The van der Waals surface area contributed by atoms with Crippen molar-refractivity contribution in [3.63, 3.8) is 0 Å². The van der Waals surface area contributed by atoms with Crippen LogP contribution in [0.15, 0.2) is 12.7 Å². The van der Waals surface area contributed by atoms with Gasteiger partial charge in [0, 0.05) is 19.1 Å². The fourth-order valence-corrected chi connectivity index (χ4v) is 3.08. The second-order valence-corrected chi connectivity index (χ2v) is 5.67. The molecular weight excluding hydrogens is 254 g/mol. The average molecular weight is 279 g/mol. The Labute approximate surface area is 120 Å². The number of carbonyl (C=O) groups is 2. The molecule has 1 aliphatic heterocycles. The zero-order valence-electron chi connectivity index (χ0n) is 12.1. The van der Waals surface area contributed by atoms with Crippen molar-refractivity contribution in [2.24, 2.45) is 0 Å². The molecule has 1 aliphatic carbocycles. The van der Waals surface area contributed by atoms with Gasteiger partial charge in [-0.3, -0.25) is 4.79 Å². The number of amides is 3. The van der Waals surface area contributed by atoms with E-state index in [0.29, 0.717) is 13.1 Å². The van der Waals surface area contributed by atoms with Gasteiger partial charge < -0.3 is 15.5 Å². The van der Waals surface area contributed by atoms with Crippen molar-refractivity contribution >= 4 is 11.9 Å². The molecule has 0 unspecified atom stereocenters. The molecule has 2 aliphatic rings. The molecule has 2 rings (SSSR count). The van der Waals surface area contributed by atoms with Gasteiger partial charge in [-0.2, -0.15) is 0 Å². The Balaban J connectivity index is 1.86. The summed E-state index contributed by atoms with van der Waals surface area (Å²) in [7, 11) is 0. The standard InChI is InChI=1S/C15H25N3O2/c1-2-10-16-14(19)13-9-6-11-18(13)15(20)17-12-7-4-3-5-8-12/h2,12-13H,1,3-11H2,(H,16,19)(H,17,20)/t13-/m0/s1. The van der Waals surface area contributed by atoms with Crippen molar-refractivity contribution in [2.75, 3.05) is 13.1 Å². The van der Waals surface area contributed by atoms with Crippen LogP contribution < -0.4 is 10.6 Å². The first kappa shape index (κ1) is 14.9. The Morgan fingerprint density at radius 2 is 1.90 bits per heavy atom. The van der Waals surface area contributed by atoms with Crippen LogP contribution in [0.4, 0.5) is 4.79 Å². The van der Waals surface area contributed by atoms with Crippen molar-refractivity contribution in [1.29, 1.82) is 0 Å². The molecular formula is C15H25N3O2. The highest BCUT2D eigenvalue weighted by atomic mass is 16.2. The SMILES string of the molecule is C=CCNC(=O)[C@@H]1CCCN1C(=O)NC1CCCCC1.